The maximum atomic E-state index is 13.7. The summed E-state index contributed by atoms with van der Waals surface area (Å²) in [5, 5.41) is 0. The lowest BCUT2D eigenvalue weighted by Gasteiger charge is -2.06. The first-order chi connectivity index (χ1) is 12.5. The molecular weight excluding hydrogens is 338 g/mol. The van der Waals surface area contributed by atoms with Crippen molar-refractivity contribution in [2.75, 3.05) is 12.8 Å². The molecule has 0 spiro atoms. The lowest BCUT2D eigenvalue weighted by Crippen LogP contribution is -1.96. The quantitative estimate of drug-likeness (QED) is 0.580. The Morgan fingerprint density at radius 1 is 1.04 bits per heavy atom. The molecule has 0 bridgehead atoms. The number of pyridine rings is 1. The minimum absolute atomic E-state index is 0.253. The maximum absolute atomic E-state index is 13.7. The van der Waals surface area contributed by atoms with Crippen molar-refractivity contribution in [1.82, 2.24) is 15.0 Å². The fourth-order valence-electron chi connectivity index (χ4n) is 2.83. The van der Waals surface area contributed by atoms with Gasteiger partial charge in [-0.3, -0.25) is 0 Å². The summed E-state index contributed by atoms with van der Waals surface area (Å²) in [6.45, 7) is 0. The molecule has 2 aromatic carbocycles. The zero-order valence-corrected chi connectivity index (χ0v) is 13.8. The predicted molar refractivity (Wildman–Crippen MR) is 95.6 cm³/mol. The molecule has 0 saturated heterocycles. The van der Waals surface area contributed by atoms with Crippen LogP contribution in [0.15, 0.2) is 48.7 Å². The van der Waals surface area contributed by atoms with Crippen LogP contribution < -0.4 is 10.5 Å². The average molecular weight is 352 g/mol. The van der Waals surface area contributed by atoms with Crippen LogP contribution in [0.1, 0.15) is 0 Å². The number of H-pyrrole nitrogens is 1. The number of ether oxygens (including phenoxy) is 1. The fraction of sp³-hybridized carbons (Fsp3) is 0.0526. The molecule has 0 aliphatic carbocycles. The molecule has 3 N–H and O–H groups in total. The Morgan fingerprint density at radius 3 is 2.65 bits per heavy atom. The Morgan fingerprint density at radius 2 is 1.88 bits per heavy atom. The Labute approximate surface area is 147 Å². The molecule has 0 amide bonds. The Bertz CT molecular complexity index is 1120. The number of aromatic amines is 1. The average Bonchev–Trinajstić information content (AvgIpc) is 3.05. The molecule has 4 aromatic rings. The molecular formula is C19H14F2N4O. The number of fused-ring (bicyclic) bond motifs is 1. The number of nitrogens with two attached hydrogens (primary N) is 1. The van der Waals surface area contributed by atoms with Gasteiger partial charge in [0.2, 0.25) is 0 Å². The van der Waals surface area contributed by atoms with E-state index in [1.807, 2.05) is 0 Å². The molecule has 0 unspecified atom stereocenters. The summed E-state index contributed by atoms with van der Waals surface area (Å²) in [6.07, 6.45) is 1.57. The van der Waals surface area contributed by atoms with Gasteiger partial charge in [-0.15, -0.1) is 0 Å². The number of benzene rings is 2. The first-order valence-electron chi connectivity index (χ1n) is 7.80. The second-order valence-corrected chi connectivity index (χ2v) is 5.76. The summed E-state index contributed by atoms with van der Waals surface area (Å²) < 4.78 is 32.4. The van der Waals surface area contributed by atoms with Gasteiger partial charge < -0.3 is 15.5 Å². The third-order valence-corrected chi connectivity index (χ3v) is 4.07. The Hall–Kier alpha value is -3.48. The van der Waals surface area contributed by atoms with E-state index in [0.717, 1.165) is 0 Å². The number of hydrogen-bond acceptors (Lipinski definition) is 4. The van der Waals surface area contributed by atoms with Gasteiger partial charge in [-0.05, 0) is 29.8 Å². The molecule has 0 atom stereocenters. The third kappa shape index (κ3) is 2.73. The van der Waals surface area contributed by atoms with Gasteiger partial charge in [0.15, 0.2) is 0 Å². The zero-order valence-electron chi connectivity index (χ0n) is 13.8. The molecule has 0 aliphatic rings. The van der Waals surface area contributed by atoms with Crippen molar-refractivity contribution in [3.8, 4) is 28.3 Å². The highest BCUT2D eigenvalue weighted by Crippen LogP contribution is 2.32. The summed E-state index contributed by atoms with van der Waals surface area (Å²) in [5.41, 5.74) is 8.85. The predicted octanol–water partition coefficient (Wildman–Crippen LogP) is 4.16. The summed E-state index contributed by atoms with van der Waals surface area (Å²) >= 11 is 0. The normalized spacial score (nSPS) is 11.0. The number of rotatable bonds is 3. The molecule has 2 heterocycles. The van der Waals surface area contributed by atoms with E-state index in [0.29, 0.717) is 39.3 Å². The minimum Gasteiger partial charge on any atom is -0.494 e. The number of imidazole rings is 1. The van der Waals surface area contributed by atoms with Crippen molar-refractivity contribution in [2.24, 2.45) is 0 Å². The highest BCUT2D eigenvalue weighted by atomic mass is 19.1. The Kier molecular flexibility index (Phi) is 3.76. The van der Waals surface area contributed by atoms with Gasteiger partial charge in [0.25, 0.3) is 0 Å². The van der Waals surface area contributed by atoms with E-state index in [4.69, 9.17) is 10.5 Å². The maximum Gasteiger partial charge on any atom is 0.149 e. The van der Waals surface area contributed by atoms with E-state index >= 15 is 0 Å². The van der Waals surface area contributed by atoms with Crippen LogP contribution in [0.25, 0.3) is 33.5 Å². The number of nitrogens with one attached hydrogen (secondary N) is 1. The number of hydrogen-bond donors (Lipinski definition) is 2. The van der Waals surface area contributed by atoms with E-state index in [1.165, 1.54) is 31.4 Å². The second kappa shape index (κ2) is 6.11. The highest BCUT2D eigenvalue weighted by Gasteiger charge is 2.15. The molecule has 0 aliphatic heterocycles. The van der Waals surface area contributed by atoms with Crippen LogP contribution in [0, 0.1) is 11.6 Å². The third-order valence-electron chi connectivity index (χ3n) is 4.07. The molecule has 5 nitrogen and oxygen atoms in total. The van der Waals surface area contributed by atoms with Crippen LogP contribution in [-0.4, -0.2) is 22.1 Å². The Balaban J connectivity index is 1.88. The molecule has 4 rings (SSSR count). The van der Waals surface area contributed by atoms with Gasteiger partial charge in [0.1, 0.15) is 34.5 Å². The smallest absolute Gasteiger partial charge is 0.149 e. The number of aromatic nitrogens is 3. The van der Waals surface area contributed by atoms with Gasteiger partial charge in [0.05, 0.1) is 18.2 Å². The summed E-state index contributed by atoms with van der Waals surface area (Å²) in [4.78, 5) is 11.7. The van der Waals surface area contributed by atoms with Gasteiger partial charge in [-0.1, -0.05) is 12.1 Å². The molecule has 0 saturated carbocycles. The van der Waals surface area contributed by atoms with Crippen molar-refractivity contribution in [2.45, 2.75) is 0 Å². The SMILES string of the molecule is COc1cc(F)cc2[nH]c(-c3cc(-c4cccc(F)c4)cnc3N)nc12. The van der Waals surface area contributed by atoms with Crippen molar-refractivity contribution in [1.29, 1.82) is 0 Å². The zero-order chi connectivity index (χ0) is 18.3. The van der Waals surface area contributed by atoms with Crippen molar-refractivity contribution >= 4 is 16.9 Å². The second-order valence-electron chi connectivity index (χ2n) is 5.76. The molecule has 0 radical (unpaired) electrons. The minimum atomic E-state index is -0.441. The number of nitrogens with zero attached hydrogens (tertiary/aromatic N) is 2. The van der Waals surface area contributed by atoms with Crippen molar-refractivity contribution in [3.05, 3.63) is 60.3 Å². The van der Waals surface area contributed by atoms with Crippen LogP contribution in [0.4, 0.5) is 14.6 Å². The van der Waals surface area contributed by atoms with E-state index in [1.54, 1.807) is 24.4 Å². The lowest BCUT2D eigenvalue weighted by atomic mass is 10.1. The van der Waals surface area contributed by atoms with Crippen LogP contribution in [-0.2, 0) is 0 Å². The first kappa shape index (κ1) is 16.0. The van der Waals surface area contributed by atoms with Crippen LogP contribution in [0.2, 0.25) is 0 Å². The molecule has 26 heavy (non-hydrogen) atoms. The van der Waals surface area contributed by atoms with Gasteiger partial charge in [0, 0.05) is 17.8 Å². The number of nitrogen functional groups attached to an aromatic ring is 1. The van der Waals surface area contributed by atoms with Crippen molar-refractivity contribution in [3.63, 3.8) is 0 Å². The van der Waals surface area contributed by atoms with Crippen LogP contribution >= 0.6 is 0 Å². The van der Waals surface area contributed by atoms with Gasteiger partial charge in [-0.2, -0.15) is 0 Å². The number of halogens is 2. The van der Waals surface area contributed by atoms with Crippen molar-refractivity contribution < 1.29 is 13.5 Å². The highest BCUT2D eigenvalue weighted by molar-refractivity contribution is 5.87. The molecule has 130 valence electrons. The fourth-order valence-corrected chi connectivity index (χ4v) is 2.83. The number of methoxy groups -OCH3 is 1. The van der Waals surface area contributed by atoms with Gasteiger partial charge >= 0.3 is 0 Å². The molecule has 0 fully saturated rings. The van der Waals surface area contributed by atoms with E-state index in [2.05, 4.69) is 15.0 Å². The summed E-state index contributed by atoms with van der Waals surface area (Å²) in [5.74, 6) is 0.208. The van der Waals surface area contributed by atoms with Crippen LogP contribution in [0.5, 0.6) is 5.75 Å². The first-order valence-corrected chi connectivity index (χ1v) is 7.80. The summed E-state index contributed by atoms with van der Waals surface area (Å²) in [7, 11) is 1.45. The van der Waals surface area contributed by atoms with E-state index in [-0.39, 0.29) is 11.6 Å². The monoisotopic (exact) mass is 352 g/mol. The topological polar surface area (TPSA) is 76.8 Å². The standard InChI is InChI=1S/C19H14F2N4O/c1-26-16-8-13(21)7-15-17(16)25-19(24-15)14-6-11(9-23-18(14)22)10-3-2-4-12(20)5-10/h2-9H,1H3,(H2,22,23)(H,24,25). The molecule has 2 aromatic heterocycles. The lowest BCUT2D eigenvalue weighted by molar-refractivity contribution is 0.416. The van der Waals surface area contributed by atoms with Gasteiger partial charge in [-0.25, -0.2) is 18.7 Å². The van der Waals surface area contributed by atoms with Crippen LogP contribution in [0.3, 0.4) is 0 Å². The van der Waals surface area contributed by atoms with E-state index in [9.17, 15) is 8.78 Å². The summed E-state index contributed by atoms with van der Waals surface area (Å²) in [6, 6.07) is 10.5. The number of anilines is 1. The largest absolute Gasteiger partial charge is 0.494 e. The van der Waals surface area contributed by atoms with E-state index < -0.39 is 5.82 Å². The molecule has 7 heteroatoms.